The highest BCUT2D eigenvalue weighted by molar-refractivity contribution is 6.03. The van der Waals surface area contributed by atoms with Gasteiger partial charge in [0.1, 0.15) is 24.4 Å². The monoisotopic (exact) mass is 322 g/mol. The molecular weight excluding hydrogens is 307 g/mol. The van der Waals surface area contributed by atoms with E-state index in [0.29, 0.717) is 12.1 Å². The van der Waals surface area contributed by atoms with Crippen molar-refractivity contribution in [3.8, 4) is 0 Å². The van der Waals surface area contributed by atoms with Crippen LogP contribution in [0.1, 0.15) is 12.5 Å². The first-order valence-corrected chi connectivity index (χ1v) is 6.82. The fourth-order valence-electron chi connectivity index (χ4n) is 1.95. The number of guanidine groups is 1. The zero-order valence-electron chi connectivity index (χ0n) is 12.4. The Morgan fingerprint density at radius 2 is 2.13 bits per heavy atom. The molecule has 23 heavy (non-hydrogen) atoms. The second kappa shape index (κ2) is 7.45. The first kappa shape index (κ1) is 16.6. The van der Waals surface area contributed by atoms with Gasteiger partial charge in [-0.15, -0.1) is 0 Å². The minimum absolute atomic E-state index is 0.0718. The van der Waals surface area contributed by atoms with Crippen molar-refractivity contribution >= 4 is 17.9 Å². The highest BCUT2D eigenvalue weighted by Gasteiger charge is 2.30. The molecule has 0 saturated carbocycles. The van der Waals surface area contributed by atoms with E-state index >= 15 is 0 Å². The van der Waals surface area contributed by atoms with Crippen LogP contribution in [0.5, 0.6) is 0 Å². The van der Waals surface area contributed by atoms with E-state index < -0.39 is 10.9 Å². The van der Waals surface area contributed by atoms with E-state index in [4.69, 9.17) is 4.74 Å². The summed E-state index contributed by atoms with van der Waals surface area (Å²) in [6, 6.07) is 5.56. The van der Waals surface area contributed by atoms with Gasteiger partial charge in [0.2, 0.25) is 0 Å². The van der Waals surface area contributed by atoms with Gasteiger partial charge in [0.25, 0.3) is 11.9 Å². The van der Waals surface area contributed by atoms with Crippen molar-refractivity contribution in [2.24, 2.45) is 5.10 Å². The SMILES string of the molecule is CCN1COCN(C(=O)/C=C/c2ccc(F)cc2)/C1=N/[N+](=O)[O-]. The third-order valence-electron chi connectivity index (χ3n) is 3.10. The number of halogens is 1. The summed E-state index contributed by atoms with van der Waals surface area (Å²) in [5.74, 6) is -0.970. The summed E-state index contributed by atoms with van der Waals surface area (Å²) in [5.41, 5.74) is 0.623. The predicted octanol–water partition coefficient (Wildman–Crippen LogP) is 1.48. The molecule has 0 unspecified atom stereocenters. The van der Waals surface area contributed by atoms with Gasteiger partial charge in [-0.1, -0.05) is 12.1 Å². The summed E-state index contributed by atoms with van der Waals surface area (Å²) in [6.07, 6.45) is 2.71. The van der Waals surface area contributed by atoms with E-state index in [1.807, 2.05) is 0 Å². The van der Waals surface area contributed by atoms with E-state index in [0.717, 1.165) is 4.90 Å². The minimum Gasteiger partial charge on any atom is -0.340 e. The van der Waals surface area contributed by atoms with Crippen LogP contribution in [-0.2, 0) is 9.53 Å². The van der Waals surface area contributed by atoms with Gasteiger partial charge in [-0.25, -0.2) is 19.4 Å². The zero-order valence-corrected chi connectivity index (χ0v) is 12.4. The van der Waals surface area contributed by atoms with Gasteiger partial charge in [-0.2, -0.15) is 0 Å². The molecular formula is C14H15FN4O4. The van der Waals surface area contributed by atoms with Gasteiger partial charge < -0.3 is 9.64 Å². The number of hydrogen-bond acceptors (Lipinski definition) is 4. The van der Waals surface area contributed by atoms with Crippen LogP contribution in [0.25, 0.3) is 6.08 Å². The molecule has 0 aromatic heterocycles. The van der Waals surface area contributed by atoms with Gasteiger partial charge in [0.15, 0.2) is 5.03 Å². The predicted molar refractivity (Wildman–Crippen MR) is 79.9 cm³/mol. The topological polar surface area (TPSA) is 88.3 Å². The molecule has 1 heterocycles. The molecule has 1 aliphatic heterocycles. The van der Waals surface area contributed by atoms with E-state index in [1.54, 1.807) is 6.92 Å². The Kier molecular flexibility index (Phi) is 5.36. The fraction of sp³-hybridized carbons (Fsp3) is 0.286. The van der Waals surface area contributed by atoms with Crippen molar-refractivity contribution in [3.63, 3.8) is 0 Å². The molecule has 0 aliphatic carbocycles. The zero-order chi connectivity index (χ0) is 16.8. The number of rotatable bonds is 4. The highest BCUT2D eigenvalue weighted by Crippen LogP contribution is 2.10. The lowest BCUT2D eigenvalue weighted by Crippen LogP contribution is -2.53. The molecule has 0 N–H and O–H groups in total. The van der Waals surface area contributed by atoms with Crippen LogP contribution >= 0.6 is 0 Å². The smallest absolute Gasteiger partial charge is 0.284 e. The molecule has 9 heteroatoms. The Balaban J connectivity index is 2.18. The van der Waals surface area contributed by atoms with Crippen LogP contribution in [0.4, 0.5) is 4.39 Å². The third kappa shape index (κ3) is 4.33. The molecule has 1 aromatic rings. The number of ether oxygens (including phenoxy) is 1. The van der Waals surface area contributed by atoms with E-state index in [1.165, 1.54) is 41.3 Å². The van der Waals surface area contributed by atoms with Gasteiger partial charge in [0, 0.05) is 12.6 Å². The summed E-state index contributed by atoms with van der Waals surface area (Å²) in [5, 5.41) is 13.1. The molecule has 1 amide bonds. The first-order chi connectivity index (χ1) is 11.0. The van der Waals surface area contributed by atoms with Crippen molar-refractivity contribution in [1.82, 2.24) is 9.80 Å². The van der Waals surface area contributed by atoms with Crippen LogP contribution in [0.3, 0.4) is 0 Å². The number of benzene rings is 1. The van der Waals surface area contributed by atoms with Crippen LogP contribution in [0.15, 0.2) is 35.4 Å². The Hall–Kier alpha value is -2.81. The maximum atomic E-state index is 12.8. The first-order valence-electron chi connectivity index (χ1n) is 6.82. The number of amides is 1. The second-order valence-corrected chi connectivity index (χ2v) is 4.61. The normalized spacial score (nSPS) is 17.0. The molecule has 0 atom stereocenters. The standard InChI is InChI=1S/C14H15FN4O4/c1-2-17-9-23-10-18(14(17)16-19(21)22)13(20)8-5-11-3-6-12(15)7-4-11/h3-8H,2,9-10H2,1H3/b8-5+,16-14+. The Bertz CT molecular complexity index is 645. The molecule has 0 radical (unpaired) electrons. The largest absolute Gasteiger partial charge is 0.340 e. The van der Waals surface area contributed by atoms with Crippen LogP contribution in [0.2, 0.25) is 0 Å². The fourth-order valence-corrected chi connectivity index (χ4v) is 1.95. The maximum absolute atomic E-state index is 12.8. The summed E-state index contributed by atoms with van der Waals surface area (Å²) >= 11 is 0. The molecule has 2 rings (SSSR count). The highest BCUT2D eigenvalue weighted by atomic mass is 19.1. The summed E-state index contributed by atoms with van der Waals surface area (Å²) in [7, 11) is 0. The molecule has 1 aliphatic rings. The molecule has 8 nitrogen and oxygen atoms in total. The van der Waals surface area contributed by atoms with Crippen molar-refractivity contribution in [2.45, 2.75) is 6.92 Å². The van der Waals surface area contributed by atoms with Crippen molar-refractivity contribution in [2.75, 3.05) is 20.0 Å². The number of nitro groups is 1. The Labute approximate surface area is 131 Å². The number of hydrazone groups is 1. The lowest BCUT2D eigenvalue weighted by atomic mass is 10.2. The molecule has 122 valence electrons. The van der Waals surface area contributed by atoms with Crippen molar-refractivity contribution < 1.29 is 19.0 Å². The van der Waals surface area contributed by atoms with E-state index in [2.05, 4.69) is 5.10 Å². The summed E-state index contributed by atoms with van der Waals surface area (Å²) in [6.45, 7) is 2.16. The molecule has 1 saturated heterocycles. The summed E-state index contributed by atoms with van der Waals surface area (Å²) < 4.78 is 18.1. The minimum atomic E-state index is -0.854. The molecule has 0 spiro atoms. The Morgan fingerprint density at radius 3 is 2.74 bits per heavy atom. The van der Waals surface area contributed by atoms with Gasteiger partial charge in [-0.05, 0) is 30.7 Å². The van der Waals surface area contributed by atoms with E-state index in [-0.39, 0.29) is 25.2 Å². The average molecular weight is 322 g/mol. The number of nitrogens with zero attached hydrogens (tertiary/aromatic N) is 4. The number of carbonyl (C=O) groups excluding carboxylic acids is 1. The lowest BCUT2D eigenvalue weighted by molar-refractivity contribution is -0.486. The molecule has 1 fully saturated rings. The third-order valence-corrected chi connectivity index (χ3v) is 3.10. The van der Waals surface area contributed by atoms with Gasteiger partial charge in [-0.3, -0.25) is 4.79 Å². The van der Waals surface area contributed by atoms with Crippen LogP contribution in [0, 0.1) is 15.9 Å². The van der Waals surface area contributed by atoms with E-state index in [9.17, 15) is 19.3 Å². The lowest BCUT2D eigenvalue weighted by Gasteiger charge is -2.34. The summed E-state index contributed by atoms with van der Waals surface area (Å²) in [4.78, 5) is 25.4. The second-order valence-electron chi connectivity index (χ2n) is 4.61. The van der Waals surface area contributed by atoms with Gasteiger partial charge >= 0.3 is 0 Å². The van der Waals surface area contributed by atoms with Crippen LogP contribution < -0.4 is 0 Å². The van der Waals surface area contributed by atoms with Crippen LogP contribution in [-0.4, -0.2) is 46.7 Å². The molecule has 0 bridgehead atoms. The number of carbonyl (C=O) groups is 1. The number of hydrogen-bond donors (Lipinski definition) is 0. The quantitative estimate of drug-likeness (QED) is 0.476. The van der Waals surface area contributed by atoms with Gasteiger partial charge in [0.05, 0.1) is 0 Å². The van der Waals surface area contributed by atoms with Crippen molar-refractivity contribution in [3.05, 3.63) is 51.8 Å². The van der Waals surface area contributed by atoms with Crippen molar-refractivity contribution in [1.29, 1.82) is 0 Å². The Morgan fingerprint density at radius 1 is 1.43 bits per heavy atom. The molecule has 1 aromatic carbocycles. The average Bonchev–Trinajstić information content (AvgIpc) is 2.53. The maximum Gasteiger partial charge on any atom is 0.284 e.